The predicted octanol–water partition coefficient (Wildman–Crippen LogP) is 3.82. The molecule has 1 saturated heterocycles. The van der Waals surface area contributed by atoms with Crippen LogP contribution >= 0.6 is 15.9 Å². The Morgan fingerprint density at radius 1 is 1.22 bits per heavy atom. The lowest BCUT2D eigenvalue weighted by atomic mass is 9.85. The number of nitrogens with zero attached hydrogens (tertiary/aromatic N) is 3. The van der Waals surface area contributed by atoms with Crippen molar-refractivity contribution in [3.8, 4) is 5.75 Å². The minimum absolute atomic E-state index is 0.0364. The number of para-hydroxylation sites is 1. The molecule has 5 rings (SSSR count). The van der Waals surface area contributed by atoms with Crippen molar-refractivity contribution >= 4 is 51.2 Å². The van der Waals surface area contributed by atoms with Crippen molar-refractivity contribution in [1.29, 1.82) is 0 Å². The van der Waals surface area contributed by atoms with Crippen molar-refractivity contribution in [2.45, 2.75) is 13.3 Å². The number of amides is 3. The minimum atomic E-state index is -0.642. The maximum atomic E-state index is 12.9. The summed E-state index contributed by atoms with van der Waals surface area (Å²) in [7, 11) is 0. The van der Waals surface area contributed by atoms with Crippen LogP contribution in [0.2, 0.25) is 0 Å². The van der Waals surface area contributed by atoms with Gasteiger partial charge in [-0.1, -0.05) is 46.3 Å². The smallest absolute Gasteiger partial charge is 0.312 e. The second-order valence-corrected chi connectivity index (χ2v) is 9.90. The van der Waals surface area contributed by atoms with Crippen LogP contribution in [0.3, 0.4) is 0 Å². The van der Waals surface area contributed by atoms with Gasteiger partial charge in [-0.15, -0.1) is 0 Å². The second-order valence-electron chi connectivity index (χ2n) is 8.98. The van der Waals surface area contributed by atoms with Gasteiger partial charge in [-0.05, 0) is 42.9 Å². The number of allylic oxidation sites excluding steroid dienone is 2. The van der Waals surface area contributed by atoms with Crippen molar-refractivity contribution in [3.05, 3.63) is 74.3 Å². The van der Waals surface area contributed by atoms with Gasteiger partial charge in [-0.3, -0.25) is 24.5 Å². The molecule has 0 unspecified atom stereocenters. The van der Waals surface area contributed by atoms with Crippen LogP contribution < -0.4 is 10.1 Å². The second kappa shape index (κ2) is 9.30. The van der Waals surface area contributed by atoms with E-state index in [0.717, 1.165) is 17.0 Å². The van der Waals surface area contributed by atoms with Crippen LogP contribution in [0.25, 0.3) is 0 Å². The average Bonchev–Trinajstić information content (AvgIpc) is 3.52. The van der Waals surface area contributed by atoms with E-state index in [1.807, 2.05) is 31.2 Å². The molecule has 36 heavy (non-hydrogen) atoms. The SMILES string of the molecule is Cc1ccccc1NC(=O)COc1c(C=NN2C(=O)[C@@H]3[C@H](C2=O)[C@H]2C=C[C@H]3C2)cc(Br)cc1[N+](=O)[O-]. The topological polar surface area (TPSA) is 131 Å². The molecule has 0 aromatic heterocycles. The van der Waals surface area contributed by atoms with Gasteiger partial charge in [-0.2, -0.15) is 10.1 Å². The van der Waals surface area contributed by atoms with E-state index >= 15 is 0 Å². The van der Waals surface area contributed by atoms with E-state index in [0.29, 0.717) is 10.2 Å². The van der Waals surface area contributed by atoms with Crippen molar-refractivity contribution in [2.75, 3.05) is 11.9 Å². The fraction of sp³-hybridized carbons (Fsp3) is 0.280. The zero-order chi connectivity index (χ0) is 25.6. The number of hydrogen-bond donors (Lipinski definition) is 1. The van der Waals surface area contributed by atoms with Crippen LogP contribution in [-0.4, -0.2) is 40.5 Å². The summed E-state index contributed by atoms with van der Waals surface area (Å²) in [5.74, 6) is -2.21. The van der Waals surface area contributed by atoms with E-state index in [1.165, 1.54) is 18.3 Å². The molecule has 2 bridgehead atoms. The molecule has 184 valence electrons. The van der Waals surface area contributed by atoms with Crippen LogP contribution in [0, 0.1) is 40.7 Å². The number of hydrogen-bond acceptors (Lipinski definition) is 7. The molecule has 3 aliphatic rings. The number of imide groups is 1. The van der Waals surface area contributed by atoms with Gasteiger partial charge >= 0.3 is 5.69 Å². The molecule has 3 amide bonds. The molecule has 1 N–H and O–H groups in total. The highest BCUT2D eigenvalue weighted by atomic mass is 79.9. The number of fused-ring (bicyclic) bond motifs is 5. The molecule has 2 fully saturated rings. The summed E-state index contributed by atoms with van der Waals surface area (Å²) in [5.41, 5.74) is 1.19. The normalized spacial score (nSPS) is 24.0. The quantitative estimate of drug-likeness (QED) is 0.182. The number of nitro groups is 1. The van der Waals surface area contributed by atoms with E-state index in [-0.39, 0.29) is 35.0 Å². The molecule has 0 spiro atoms. The first-order valence-electron chi connectivity index (χ1n) is 11.3. The Morgan fingerprint density at radius 3 is 2.53 bits per heavy atom. The number of anilines is 1. The zero-order valence-corrected chi connectivity index (χ0v) is 20.7. The molecule has 1 heterocycles. The van der Waals surface area contributed by atoms with E-state index in [1.54, 1.807) is 12.1 Å². The number of benzene rings is 2. The lowest BCUT2D eigenvalue weighted by Gasteiger charge is -2.13. The zero-order valence-electron chi connectivity index (χ0n) is 19.1. The molecule has 2 aromatic carbocycles. The molecule has 11 heteroatoms. The number of aryl methyl sites for hydroxylation is 1. The van der Waals surface area contributed by atoms with Gasteiger partial charge in [0.05, 0.1) is 23.0 Å². The van der Waals surface area contributed by atoms with Crippen LogP contribution in [0.1, 0.15) is 17.5 Å². The first-order valence-corrected chi connectivity index (χ1v) is 12.1. The van der Waals surface area contributed by atoms with Crippen molar-refractivity contribution in [3.63, 3.8) is 0 Å². The number of nitro benzene ring substituents is 1. The lowest BCUT2D eigenvalue weighted by molar-refractivity contribution is -0.385. The van der Waals surface area contributed by atoms with E-state index in [2.05, 4.69) is 26.3 Å². The van der Waals surface area contributed by atoms with Gasteiger partial charge in [0.25, 0.3) is 17.7 Å². The highest BCUT2D eigenvalue weighted by molar-refractivity contribution is 9.10. The standard InChI is InChI=1S/C25H21BrN4O6/c1-13-4-2-3-5-18(13)28-20(31)12-36-23-16(9-17(26)10-19(23)30(34)35)11-27-29-24(32)21-14-6-7-15(8-14)22(21)25(29)33/h2-7,9-11,14-15,21-22H,8,12H2,1H3,(H,28,31)/t14-,15-,21-,22+/m0/s1. The lowest BCUT2D eigenvalue weighted by Crippen LogP contribution is -2.28. The van der Waals surface area contributed by atoms with Gasteiger partial charge in [0.2, 0.25) is 5.75 Å². The number of carbonyl (C=O) groups excluding carboxylic acids is 3. The monoisotopic (exact) mass is 552 g/mol. The number of ether oxygens (including phenoxy) is 1. The largest absolute Gasteiger partial charge is 0.476 e. The number of rotatable bonds is 7. The van der Waals surface area contributed by atoms with Crippen molar-refractivity contribution in [2.24, 2.45) is 28.8 Å². The van der Waals surface area contributed by atoms with Crippen LogP contribution in [0.15, 0.2) is 58.1 Å². The van der Waals surface area contributed by atoms with Crippen molar-refractivity contribution < 1.29 is 24.0 Å². The van der Waals surface area contributed by atoms with Gasteiger partial charge in [0.15, 0.2) is 6.61 Å². The van der Waals surface area contributed by atoms with Crippen molar-refractivity contribution in [1.82, 2.24) is 5.01 Å². The first-order chi connectivity index (χ1) is 17.2. The third-order valence-electron chi connectivity index (χ3n) is 6.79. The summed E-state index contributed by atoms with van der Waals surface area (Å²) in [6.45, 7) is 1.33. The van der Waals surface area contributed by atoms with E-state index in [4.69, 9.17) is 4.74 Å². The first kappa shape index (κ1) is 23.9. The minimum Gasteiger partial charge on any atom is -0.476 e. The fourth-order valence-corrected chi connectivity index (χ4v) is 5.61. The highest BCUT2D eigenvalue weighted by Crippen LogP contribution is 2.52. The number of hydrazone groups is 1. The average molecular weight is 553 g/mol. The molecule has 1 aliphatic heterocycles. The molecule has 2 aliphatic carbocycles. The summed E-state index contributed by atoms with van der Waals surface area (Å²) in [6.07, 6.45) is 5.94. The van der Waals surface area contributed by atoms with Gasteiger partial charge in [0, 0.05) is 21.8 Å². The highest BCUT2D eigenvalue weighted by Gasteiger charge is 2.59. The van der Waals surface area contributed by atoms with Crippen LogP contribution in [0.4, 0.5) is 11.4 Å². The molecular weight excluding hydrogens is 532 g/mol. The number of carbonyl (C=O) groups is 3. The Morgan fingerprint density at radius 2 is 1.89 bits per heavy atom. The molecule has 4 atom stereocenters. The Hall–Kier alpha value is -3.86. The molecule has 2 aromatic rings. The molecule has 0 radical (unpaired) electrons. The fourth-order valence-electron chi connectivity index (χ4n) is 5.15. The molecular formula is C25H21BrN4O6. The van der Waals surface area contributed by atoms with Gasteiger partial charge in [-0.25, -0.2) is 0 Å². The van der Waals surface area contributed by atoms with Crippen LogP contribution in [0.5, 0.6) is 5.75 Å². The molecule has 1 saturated carbocycles. The maximum absolute atomic E-state index is 12.9. The summed E-state index contributed by atoms with van der Waals surface area (Å²) < 4.78 is 5.95. The molecule has 10 nitrogen and oxygen atoms in total. The number of halogens is 1. The Labute approximate surface area is 214 Å². The summed E-state index contributed by atoms with van der Waals surface area (Å²) >= 11 is 3.23. The van der Waals surface area contributed by atoms with Gasteiger partial charge < -0.3 is 10.1 Å². The summed E-state index contributed by atoms with van der Waals surface area (Å²) in [5, 5.41) is 19.4. The Kier molecular flexibility index (Phi) is 6.17. The summed E-state index contributed by atoms with van der Waals surface area (Å²) in [6, 6.07) is 9.92. The van der Waals surface area contributed by atoms with Gasteiger partial charge in [0.1, 0.15) is 0 Å². The van der Waals surface area contributed by atoms with Crippen LogP contribution in [-0.2, 0) is 14.4 Å². The Balaban J connectivity index is 1.38. The third kappa shape index (κ3) is 4.19. The predicted molar refractivity (Wildman–Crippen MR) is 133 cm³/mol. The Bertz CT molecular complexity index is 1330. The van der Waals surface area contributed by atoms with E-state index in [9.17, 15) is 24.5 Å². The summed E-state index contributed by atoms with van der Waals surface area (Å²) in [4.78, 5) is 49.4. The number of nitrogens with one attached hydrogen (secondary N) is 1. The van der Waals surface area contributed by atoms with E-state index < -0.39 is 35.0 Å². The maximum Gasteiger partial charge on any atom is 0.312 e. The third-order valence-corrected chi connectivity index (χ3v) is 7.24.